The highest BCUT2D eigenvalue weighted by molar-refractivity contribution is 6.31. The Labute approximate surface area is 97.5 Å². The second-order valence-corrected chi connectivity index (χ2v) is 3.77. The van der Waals surface area contributed by atoms with Gasteiger partial charge in [-0.25, -0.2) is 4.39 Å². The molecule has 0 aromatic heterocycles. The molecule has 0 unspecified atom stereocenters. The lowest BCUT2D eigenvalue weighted by Gasteiger charge is -2.06. The number of benzene rings is 2. The Bertz CT molecular complexity index is 537. The third-order valence-electron chi connectivity index (χ3n) is 2.31. The second kappa shape index (κ2) is 4.45. The molecule has 0 aliphatic heterocycles. The van der Waals surface area contributed by atoms with Crippen LogP contribution in [0.5, 0.6) is 0 Å². The van der Waals surface area contributed by atoms with E-state index >= 15 is 0 Å². The molecule has 0 saturated carbocycles. The van der Waals surface area contributed by atoms with Gasteiger partial charge in [0.05, 0.1) is 0 Å². The number of halogens is 2. The van der Waals surface area contributed by atoms with Gasteiger partial charge in [-0.3, -0.25) is 4.79 Å². The lowest BCUT2D eigenvalue weighted by atomic mass is 10.00. The van der Waals surface area contributed by atoms with Crippen LogP contribution < -0.4 is 0 Å². The molecule has 2 aromatic rings. The number of hydrogen-bond acceptors (Lipinski definition) is 1. The molecule has 0 amide bonds. The topological polar surface area (TPSA) is 17.1 Å². The first-order chi connectivity index (χ1) is 7.72. The fraction of sp³-hybridized carbons (Fsp3) is 0. The van der Waals surface area contributed by atoms with Crippen LogP contribution >= 0.6 is 11.6 Å². The van der Waals surface area contributed by atoms with E-state index < -0.39 is 0 Å². The van der Waals surface area contributed by atoms with Gasteiger partial charge in [0.15, 0.2) is 6.29 Å². The monoisotopic (exact) mass is 234 g/mol. The standard InChI is InChI=1S/C13H8ClFO/c14-10-6-5-9(8-16)12(7-10)11-3-1-2-4-13(11)15/h1-8H. The fourth-order valence-electron chi connectivity index (χ4n) is 1.54. The van der Waals surface area contributed by atoms with Crippen LogP contribution in [0.25, 0.3) is 11.1 Å². The molecule has 3 heteroatoms. The minimum atomic E-state index is -0.368. The van der Waals surface area contributed by atoms with Crippen LogP contribution in [0.2, 0.25) is 5.02 Å². The predicted octanol–water partition coefficient (Wildman–Crippen LogP) is 3.96. The number of aldehydes is 1. The summed E-state index contributed by atoms with van der Waals surface area (Å²) >= 11 is 5.84. The number of carbonyl (C=O) groups is 1. The summed E-state index contributed by atoms with van der Waals surface area (Å²) in [5.41, 5.74) is 1.32. The van der Waals surface area contributed by atoms with Crippen molar-refractivity contribution in [1.82, 2.24) is 0 Å². The highest BCUT2D eigenvalue weighted by Crippen LogP contribution is 2.28. The molecule has 0 bridgehead atoms. The molecule has 2 rings (SSSR count). The Kier molecular flexibility index (Phi) is 3.02. The van der Waals surface area contributed by atoms with Gasteiger partial charge in [-0.2, -0.15) is 0 Å². The van der Waals surface area contributed by atoms with Gasteiger partial charge in [0, 0.05) is 16.1 Å². The van der Waals surface area contributed by atoms with E-state index in [1.165, 1.54) is 6.07 Å². The van der Waals surface area contributed by atoms with Crippen molar-refractivity contribution >= 4 is 17.9 Å². The van der Waals surface area contributed by atoms with Gasteiger partial charge in [0.1, 0.15) is 5.82 Å². The molecular formula is C13H8ClFO. The van der Waals surface area contributed by atoms with Gasteiger partial charge < -0.3 is 0 Å². The highest BCUT2D eigenvalue weighted by Gasteiger charge is 2.09. The number of rotatable bonds is 2. The SMILES string of the molecule is O=Cc1ccc(Cl)cc1-c1ccccc1F. The van der Waals surface area contributed by atoms with E-state index in [4.69, 9.17) is 11.6 Å². The molecule has 16 heavy (non-hydrogen) atoms. The van der Waals surface area contributed by atoms with Crippen LogP contribution in [0.4, 0.5) is 4.39 Å². The summed E-state index contributed by atoms with van der Waals surface area (Å²) in [5.74, 6) is -0.368. The van der Waals surface area contributed by atoms with E-state index in [2.05, 4.69) is 0 Å². The molecule has 0 saturated heterocycles. The Morgan fingerprint density at radius 1 is 1.06 bits per heavy atom. The molecule has 0 fully saturated rings. The normalized spacial score (nSPS) is 10.1. The smallest absolute Gasteiger partial charge is 0.150 e. The van der Waals surface area contributed by atoms with Crippen LogP contribution in [0.1, 0.15) is 10.4 Å². The summed E-state index contributed by atoms with van der Waals surface area (Å²) in [4.78, 5) is 10.9. The molecule has 0 aliphatic carbocycles. The van der Waals surface area contributed by atoms with Crippen molar-refractivity contribution in [1.29, 1.82) is 0 Å². The minimum absolute atomic E-state index is 0.368. The number of hydrogen-bond donors (Lipinski definition) is 0. The lowest BCUT2D eigenvalue weighted by Crippen LogP contribution is -1.90. The molecule has 0 atom stereocenters. The van der Waals surface area contributed by atoms with Crippen molar-refractivity contribution < 1.29 is 9.18 Å². The molecular weight excluding hydrogens is 227 g/mol. The zero-order valence-electron chi connectivity index (χ0n) is 8.28. The highest BCUT2D eigenvalue weighted by atomic mass is 35.5. The van der Waals surface area contributed by atoms with Gasteiger partial charge in [-0.15, -0.1) is 0 Å². The minimum Gasteiger partial charge on any atom is -0.298 e. The van der Waals surface area contributed by atoms with Crippen LogP contribution in [0.3, 0.4) is 0 Å². The summed E-state index contributed by atoms with van der Waals surface area (Å²) in [5, 5.41) is 0.476. The van der Waals surface area contributed by atoms with Gasteiger partial charge in [-0.05, 0) is 29.8 Å². The zero-order chi connectivity index (χ0) is 11.5. The fourth-order valence-corrected chi connectivity index (χ4v) is 1.72. The Balaban J connectivity index is 2.67. The Hall–Kier alpha value is -1.67. The van der Waals surface area contributed by atoms with Gasteiger partial charge in [-0.1, -0.05) is 29.8 Å². The summed E-state index contributed by atoms with van der Waals surface area (Å²) in [6.07, 6.45) is 0.693. The maximum Gasteiger partial charge on any atom is 0.150 e. The molecule has 0 aliphatic rings. The average Bonchev–Trinajstić information content (AvgIpc) is 2.29. The van der Waals surface area contributed by atoms with Crippen molar-refractivity contribution in [2.24, 2.45) is 0 Å². The third-order valence-corrected chi connectivity index (χ3v) is 2.54. The summed E-state index contributed by atoms with van der Waals surface area (Å²) in [6.45, 7) is 0. The maximum atomic E-state index is 13.6. The molecule has 2 aromatic carbocycles. The van der Waals surface area contributed by atoms with Crippen LogP contribution in [-0.2, 0) is 0 Å². The molecule has 0 spiro atoms. The zero-order valence-corrected chi connectivity index (χ0v) is 9.04. The second-order valence-electron chi connectivity index (χ2n) is 3.33. The van der Waals surface area contributed by atoms with Crippen molar-refractivity contribution in [2.45, 2.75) is 0 Å². The first kappa shape index (κ1) is 10.8. The first-order valence-electron chi connectivity index (χ1n) is 4.72. The lowest BCUT2D eigenvalue weighted by molar-refractivity contribution is 0.112. The van der Waals surface area contributed by atoms with Crippen molar-refractivity contribution in [3.8, 4) is 11.1 Å². The van der Waals surface area contributed by atoms with Crippen molar-refractivity contribution in [3.63, 3.8) is 0 Å². The van der Waals surface area contributed by atoms with Crippen LogP contribution in [-0.4, -0.2) is 6.29 Å². The Morgan fingerprint density at radius 3 is 2.50 bits per heavy atom. The van der Waals surface area contributed by atoms with Crippen LogP contribution in [0, 0.1) is 5.82 Å². The molecule has 0 N–H and O–H groups in total. The van der Waals surface area contributed by atoms with Gasteiger partial charge in [0.2, 0.25) is 0 Å². The average molecular weight is 235 g/mol. The van der Waals surface area contributed by atoms with E-state index in [9.17, 15) is 9.18 Å². The largest absolute Gasteiger partial charge is 0.298 e. The van der Waals surface area contributed by atoms with E-state index in [1.54, 1.807) is 36.4 Å². The first-order valence-corrected chi connectivity index (χ1v) is 5.10. The predicted molar refractivity (Wildman–Crippen MR) is 62.2 cm³/mol. The molecule has 0 heterocycles. The van der Waals surface area contributed by atoms with Crippen molar-refractivity contribution in [2.75, 3.05) is 0 Å². The summed E-state index contributed by atoms with van der Waals surface area (Å²) in [6, 6.07) is 11.1. The molecule has 1 nitrogen and oxygen atoms in total. The van der Waals surface area contributed by atoms with E-state index in [-0.39, 0.29) is 5.82 Å². The van der Waals surface area contributed by atoms with Gasteiger partial charge >= 0.3 is 0 Å². The third kappa shape index (κ3) is 1.97. The summed E-state index contributed by atoms with van der Waals surface area (Å²) < 4.78 is 13.6. The van der Waals surface area contributed by atoms with Crippen LogP contribution in [0.15, 0.2) is 42.5 Å². The summed E-state index contributed by atoms with van der Waals surface area (Å²) in [7, 11) is 0. The molecule has 80 valence electrons. The van der Waals surface area contributed by atoms with E-state index in [1.807, 2.05) is 0 Å². The van der Waals surface area contributed by atoms with Crippen molar-refractivity contribution in [3.05, 3.63) is 58.9 Å². The quantitative estimate of drug-likeness (QED) is 0.719. The maximum absolute atomic E-state index is 13.6. The van der Waals surface area contributed by atoms with Gasteiger partial charge in [0.25, 0.3) is 0 Å². The van der Waals surface area contributed by atoms with E-state index in [0.29, 0.717) is 28.0 Å². The number of carbonyl (C=O) groups excluding carboxylic acids is 1. The van der Waals surface area contributed by atoms with E-state index in [0.717, 1.165) is 0 Å². The molecule has 0 radical (unpaired) electrons. The Morgan fingerprint density at radius 2 is 1.81 bits per heavy atom.